The van der Waals surface area contributed by atoms with Gasteiger partial charge in [-0.1, -0.05) is 0 Å². The van der Waals surface area contributed by atoms with Crippen molar-refractivity contribution in [1.29, 1.82) is 0 Å². The van der Waals surface area contributed by atoms with E-state index >= 15 is 0 Å². The molecule has 1 aliphatic heterocycles. The molecule has 0 aromatic carbocycles. The van der Waals surface area contributed by atoms with Crippen LogP contribution in [0.25, 0.3) is 0 Å². The summed E-state index contributed by atoms with van der Waals surface area (Å²) < 4.78 is 7.24. The summed E-state index contributed by atoms with van der Waals surface area (Å²) in [6.07, 6.45) is 9.40. The van der Waals surface area contributed by atoms with Gasteiger partial charge in [-0.3, -0.25) is 9.59 Å². The van der Waals surface area contributed by atoms with Crippen LogP contribution in [0.5, 0.6) is 0 Å². The molecular weight excluding hydrogens is 368 g/mol. The molecule has 0 spiro atoms. The maximum absolute atomic E-state index is 13.0. The van der Waals surface area contributed by atoms with E-state index in [0.717, 1.165) is 57.0 Å². The molecule has 1 atom stereocenters. The van der Waals surface area contributed by atoms with Gasteiger partial charge in [-0.25, -0.2) is 0 Å². The maximum Gasteiger partial charge on any atom is 0.263 e. The van der Waals surface area contributed by atoms with Crippen molar-refractivity contribution in [3.05, 3.63) is 33.7 Å². The third kappa shape index (κ3) is 3.34. The number of hydrogen-bond donors (Lipinski definition) is 2. The zero-order chi connectivity index (χ0) is 20.2. The second-order valence-corrected chi connectivity index (χ2v) is 9.94. The van der Waals surface area contributed by atoms with Crippen LogP contribution in [0.1, 0.15) is 60.9 Å². The first-order chi connectivity index (χ1) is 13.9. The van der Waals surface area contributed by atoms with Gasteiger partial charge in [0.1, 0.15) is 5.56 Å². The second kappa shape index (κ2) is 7.24. The number of aryl methyl sites for hydroxylation is 1. The highest BCUT2D eigenvalue weighted by molar-refractivity contribution is 5.95. The number of pyridine rings is 1. The Hall–Kier alpha value is -1.66. The molecule has 4 aliphatic carbocycles. The molecular formula is C23H32N2O4. The fourth-order valence-corrected chi connectivity index (χ4v) is 6.69. The van der Waals surface area contributed by atoms with Gasteiger partial charge in [-0.2, -0.15) is 0 Å². The zero-order valence-corrected chi connectivity index (χ0v) is 17.2. The molecule has 6 nitrogen and oxygen atoms in total. The van der Waals surface area contributed by atoms with Crippen LogP contribution in [-0.2, 0) is 11.3 Å². The minimum atomic E-state index is -0.817. The fourth-order valence-electron chi connectivity index (χ4n) is 6.69. The first-order valence-corrected chi connectivity index (χ1v) is 11.3. The summed E-state index contributed by atoms with van der Waals surface area (Å²) in [5, 5.41) is 14.4. The Morgan fingerprint density at radius 2 is 1.93 bits per heavy atom. The van der Waals surface area contributed by atoms with E-state index in [0.29, 0.717) is 12.1 Å². The number of nitrogens with zero attached hydrogens (tertiary/aromatic N) is 1. The minimum Gasteiger partial charge on any atom is -0.387 e. The van der Waals surface area contributed by atoms with Crippen LogP contribution in [0.4, 0.5) is 0 Å². The van der Waals surface area contributed by atoms with Gasteiger partial charge in [0.25, 0.3) is 11.5 Å². The summed E-state index contributed by atoms with van der Waals surface area (Å²) >= 11 is 0. The maximum atomic E-state index is 13.0. The first kappa shape index (κ1) is 19.3. The number of carbonyl (C=O) groups excluding carboxylic acids is 1. The van der Waals surface area contributed by atoms with Crippen molar-refractivity contribution < 1.29 is 14.6 Å². The number of aromatic nitrogens is 1. The van der Waals surface area contributed by atoms with E-state index in [-0.39, 0.29) is 41.5 Å². The van der Waals surface area contributed by atoms with Crippen LogP contribution >= 0.6 is 0 Å². The van der Waals surface area contributed by atoms with Gasteiger partial charge in [0, 0.05) is 19.3 Å². The molecule has 5 aliphatic rings. The quantitative estimate of drug-likeness (QED) is 0.794. The zero-order valence-electron chi connectivity index (χ0n) is 17.2. The lowest BCUT2D eigenvalue weighted by Gasteiger charge is -2.58. The van der Waals surface area contributed by atoms with E-state index < -0.39 is 5.60 Å². The normalized spacial score (nSPS) is 37.8. The van der Waals surface area contributed by atoms with Gasteiger partial charge in [-0.15, -0.1) is 0 Å². The number of rotatable bonds is 5. The van der Waals surface area contributed by atoms with Gasteiger partial charge in [0.15, 0.2) is 0 Å². The number of aliphatic hydroxyl groups is 1. The van der Waals surface area contributed by atoms with E-state index in [1.54, 1.807) is 17.7 Å². The van der Waals surface area contributed by atoms with Crippen molar-refractivity contribution in [2.45, 2.75) is 70.1 Å². The molecule has 6 heteroatoms. The van der Waals surface area contributed by atoms with E-state index in [1.807, 2.05) is 6.07 Å². The summed E-state index contributed by atoms with van der Waals surface area (Å²) in [7, 11) is 0. The molecule has 1 unspecified atom stereocenters. The predicted molar refractivity (Wildman–Crippen MR) is 109 cm³/mol. The van der Waals surface area contributed by atoms with Crippen molar-refractivity contribution in [3.8, 4) is 0 Å². The number of ether oxygens (including phenoxy) is 1. The average Bonchev–Trinajstić information content (AvgIpc) is 3.19. The molecule has 29 heavy (non-hydrogen) atoms. The van der Waals surface area contributed by atoms with E-state index in [2.05, 4.69) is 5.32 Å². The van der Waals surface area contributed by atoms with E-state index in [4.69, 9.17) is 4.74 Å². The van der Waals surface area contributed by atoms with Crippen LogP contribution in [-0.4, -0.2) is 40.4 Å². The second-order valence-electron chi connectivity index (χ2n) is 9.94. The number of amides is 1. The first-order valence-electron chi connectivity index (χ1n) is 11.3. The van der Waals surface area contributed by atoms with Crippen molar-refractivity contribution in [2.24, 2.45) is 23.7 Å². The van der Waals surface area contributed by atoms with E-state index in [9.17, 15) is 14.7 Å². The highest BCUT2D eigenvalue weighted by Gasteiger charge is 2.56. The summed E-state index contributed by atoms with van der Waals surface area (Å²) in [5.74, 6) is 1.72. The van der Waals surface area contributed by atoms with Crippen LogP contribution in [0.15, 0.2) is 17.1 Å². The highest BCUT2D eigenvalue weighted by atomic mass is 16.5. The molecule has 2 N–H and O–H groups in total. The topological polar surface area (TPSA) is 80.6 Å². The highest BCUT2D eigenvalue weighted by Crippen LogP contribution is 2.58. The van der Waals surface area contributed by atoms with Crippen LogP contribution < -0.4 is 10.9 Å². The Labute approximate surface area is 171 Å². The molecule has 1 aromatic rings. The fraction of sp³-hybridized carbons (Fsp3) is 0.739. The van der Waals surface area contributed by atoms with Crippen LogP contribution in [0.3, 0.4) is 0 Å². The SMILES string of the molecule is Cc1ccn(CC2CCCO2)c(=O)c1C(=O)NCC1(O)C2CC3CC(C2)CC1C3. The Morgan fingerprint density at radius 1 is 1.24 bits per heavy atom. The number of carbonyl (C=O) groups is 1. The van der Waals surface area contributed by atoms with Gasteiger partial charge in [-0.05, 0) is 87.2 Å². The smallest absolute Gasteiger partial charge is 0.263 e. The molecule has 2 heterocycles. The van der Waals surface area contributed by atoms with E-state index in [1.165, 1.54) is 6.42 Å². The Morgan fingerprint density at radius 3 is 2.55 bits per heavy atom. The van der Waals surface area contributed by atoms with Crippen LogP contribution in [0.2, 0.25) is 0 Å². The van der Waals surface area contributed by atoms with Crippen molar-refractivity contribution in [1.82, 2.24) is 9.88 Å². The van der Waals surface area contributed by atoms with Gasteiger partial charge >= 0.3 is 0 Å². The molecule has 5 fully saturated rings. The van der Waals surface area contributed by atoms with Crippen molar-refractivity contribution >= 4 is 5.91 Å². The molecule has 1 amide bonds. The lowest BCUT2D eigenvalue weighted by atomic mass is 9.50. The standard InChI is InChI=1S/C23H32N2O4/c1-14-4-5-25(12-19-3-2-6-29-19)22(27)20(14)21(26)24-13-23(28)17-8-15-7-16(10-17)11-18(23)9-15/h4-5,15-19,28H,2-3,6-13H2,1H3,(H,24,26). The van der Waals surface area contributed by atoms with Crippen molar-refractivity contribution in [3.63, 3.8) is 0 Å². The Balaban J connectivity index is 1.31. The molecule has 0 radical (unpaired) electrons. The third-order valence-corrected chi connectivity index (χ3v) is 8.11. The summed E-state index contributed by atoms with van der Waals surface area (Å²) in [5.41, 5.74) is -0.219. The van der Waals surface area contributed by atoms with Crippen molar-refractivity contribution in [2.75, 3.05) is 13.2 Å². The molecule has 158 valence electrons. The minimum absolute atomic E-state index is 0.0417. The molecule has 1 saturated heterocycles. The largest absolute Gasteiger partial charge is 0.387 e. The lowest BCUT2D eigenvalue weighted by Crippen LogP contribution is -2.62. The lowest BCUT2D eigenvalue weighted by molar-refractivity contribution is -0.168. The van der Waals surface area contributed by atoms with Gasteiger partial charge in [0.05, 0.1) is 18.2 Å². The Bertz CT molecular complexity index is 827. The molecule has 6 rings (SSSR count). The van der Waals surface area contributed by atoms with Crippen LogP contribution in [0, 0.1) is 30.6 Å². The molecule has 4 saturated carbocycles. The molecule has 4 bridgehead atoms. The molecule has 1 aromatic heterocycles. The average molecular weight is 401 g/mol. The Kier molecular flexibility index (Phi) is 4.82. The predicted octanol–water partition coefficient (Wildman–Crippen LogP) is 2.25. The summed E-state index contributed by atoms with van der Waals surface area (Å²) in [6.45, 7) is 3.27. The summed E-state index contributed by atoms with van der Waals surface area (Å²) in [4.78, 5) is 26.0. The number of nitrogens with one attached hydrogen (secondary N) is 1. The monoisotopic (exact) mass is 400 g/mol. The van der Waals surface area contributed by atoms with Gasteiger partial charge < -0.3 is 19.7 Å². The summed E-state index contributed by atoms with van der Waals surface area (Å²) in [6, 6.07) is 1.82. The van der Waals surface area contributed by atoms with Gasteiger partial charge in [0.2, 0.25) is 0 Å². The number of hydrogen-bond acceptors (Lipinski definition) is 4. The third-order valence-electron chi connectivity index (χ3n) is 8.11.